The van der Waals surface area contributed by atoms with E-state index in [4.69, 9.17) is 4.42 Å². The van der Waals surface area contributed by atoms with E-state index in [9.17, 15) is 13.2 Å². The van der Waals surface area contributed by atoms with Gasteiger partial charge in [0.1, 0.15) is 5.76 Å². The van der Waals surface area contributed by atoms with E-state index in [1.54, 1.807) is 29.4 Å². The molecule has 0 radical (unpaired) electrons. The fourth-order valence-corrected chi connectivity index (χ4v) is 3.64. The number of hydrogen-bond acceptors (Lipinski definition) is 4. The lowest BCUT2D eigenvalue weighted by Gasteiger charge is -2.23. The van der Waals surface area contributed by atoms with Gasteiger partial charge in [-0.2, -0.15) is 0 Å². The molecule has 1 aliphatic rings. The second-order valence-electron chi connectivity index (χ2n) is 5.41. The van der Waals surface area contributed by atoms with Crippen molar-refractivity contribution < 1.29 is 17.6 Å². The maximum Gasteiger partial charge on any atom is 0.254 e. The molecular weight excluding hydrogens is 316 g/mol. The van der Waals surface area contributed by atoms with Crippen LogP contribution in [0.25, 0.3) is 0 Å². The summed E-state index contributed by atoms with van der Waals surface area (Å²) < 4.78 is 31.5. The Bertz CT molecular complexity index is 799. The zero-order valence-electron chi connectivity index (χ0n) is 12.7. The first kappa shape index (κ1) is 15.8. The molecule has 1 amide bonds. The Morgan fingerprint density at radius 1 is 1.30 bits per heavy atom. The monoisotopic (exact) mass is 334 g/mol. The Labute approximate surface area is 135 Å². The molecule has 1 atom stereocenters. The summed E-state index contributed by atoms with van der Waals surface area (Å²) >= 11 is 0. The maximum atomic E-state index is 12.8. The number of sulfonamides is 1. The Morgan fingerprint density at radius 2 is 2.13 bits per heavy atom. The van der Waals surface area contributed by atoms with Gasteiger partial charge in [0.05, 0.1) is 17.2 Å². The molecule has 2 aromatic rings. The van der Waals surface area contributed by atoms with Crippen molar-refractivity contribution in [1.82, 2.24) is 9.62 Å². The van der Waals surface area contributed by atoms with E-state index in [2.05, 4.69) is 4.72 Å². The second-order valence-corrected chi connectivity index (χ2v) is 7.29. The fraction of sp³-hybridized carbons (Fsp3) is 0.312. The summed E-state index contributed by atoms with van der Waals surface area (Å²) in [6.07, 6.45) is 3.33. The molecule has 1 N–H and O–H groups in total. The van der Waals surface area contributed by atoms with Gasteiger partial charge >= 0.3 is 0 Å². The minimum Gasteiger partial charge on any atom is -0.467 e. The highest BCUT2D eigenvalue weighted by Gasteiger charge is 2.32. The molecule has 6 nitrogen and oxygen atoms in total. The quantitative estimate of drug-likeness (QED) is 0.929. The number of hydrogen-bond donors (Lipinski definition) is 1. The van der Waals surface area contributed by atoms with Gasteiger partial charge in [-0.05, 0) is 50.2 Å². The number of rotatable bonds is 4. The molecule has 1 aliphatic heterocycles. The highest BCUT2D eigenvalue weighted by molar-refractivity contribution is 7.89. The van der Waals surface area contributed by atoms with Gasteiger partial charge in [-0.15, -0.1) is 0 Å². The molecule has 1 fully saturated rings. The van der Waals surface area contributed by atoms with Crippen LogP contribution in [0.5, 0.6) is 0 Å². The molecule has 7 heteroatoms. The van der Waals surface area contributed by atoms with Crippen molar-refractivity contribution >= 4 is 15.9 Å². The molecule has 0 aliphatic carbocycles. The zero-order valence-corrected chi connectivity index (χ0v) is 13.5. The summed E-state index contributed by atoms with van der Waals surface area (Å²) in [5, 5.41) is 0. The van der Waals surface area contributed by atoms with Crippen molar-refractivity contribution in [2.24, 2.45) is 0 Å². The number of benzene rings is 1. The standard InChI is InChI=1S/C16H18N2O4S/c1-17-23(20,21)13-6-2-5-12(11-13)16(19)18-9-3-7-14(18)15-8-4-10-22-15/h2,4-6,8,10-11,14,17H,3,7,9H2,1H3/t14-/m0/s1. The molecule has 0 unspecified atom stereocenters. The van der Waals surface area contributed by atoms with Gasteiger partial charge in [0.15, 0.2) is 0 Å². The number of nitrogens with zero attached hydrogens (tertiary/aromatic N) is 1. The van der Waals surface area contributed by atoms with Crippen LogP contribution in [0.3, 0.4) is 0 Å². The largest absolute Gasteiger partial charge is 0.467 e. The first-order valence-corrected chi connectivity index (χ1v) is 8.89. The Morgan fingerprint density at radius 3 is 2.83 bits per heavy atom. The smallest absolute Gasteiger partial charge is 0.254 e. The predicted molar refractivity (Wildman–Crippen MR) is 84.4 cm³/mol. The normalized spacial score (nSPS) is 18.3. The van der Waals surface area contributed by atoms with Crippen molar-refractivity contribution in [3.8, 4) is 0 Å². The van der Waals surface area contributed by atoms with Crippen LogP contribution in [-0.4, -0.2) is 32.8 Å². The SMILES string of the molecule is CNS(=O)(=O)c1cccc(C(=O)N2CCC[C@H]2c2ccco2)c1. The zero-order chi connectivity index (χ0) is 16.4. The van der Waals surface area contributed by atoms with Gasteiger partial charge in [0.25, 0.3) is 5.91 Å². The molecule has 1 aromatic heterocycles. The topological polar surface area (TPSA) is 79.6 Å². The highest BCUT2D eigenvalue weighted by Crippen LogP contribution is 2.33. The van der Waals surface area contributed by atoms with E-state index in [-0.39, 0.29) is 16.8 Å². The van der Waals surface area contributed by atoms with Crippen LogP contribution < -0.4 is 4.72 Å². The molecular formula is C16H18N2O4S. The van der Waals surface area contributed by atoms with Crippen LogP contribution in [0.4, 0.5) is 0 Å². The number of furan rings is 1. The van der Waals surface area contributed by atoms with Crippen LogP contribution in [-0.2, 0) is 10.0 Å². The van der Waals surface area contributed by atoms with Crippen molar-refractivity contribution in [1.29, 1.82) is 0 Å². The summed E-state index contributed by atoms with van der Waals surface area (Å²) in [6, 6.07) is 9.66. The summed E-state index contributed by atoms with van der Waals surface area (Å²) in [5.41, 5.74) is 0.361. The molecule has 122 valence electrons. The minimum absolute atomic E-state index is 0.0830. The first-order chi connectivity index (χ1) is 11.0. The van der Waals surface area contributed by atoms with Crippen LogP contribution in [0.1, 0.15) is 35.0 Å². The molecule has 1 saturated heterocycles. The van der Waals surface area contributed by atoms with Gasteiger partial charge in [-0.3, -0.25) is 4.79 Å². The lowest BCUT2D eigenvalue weighted by molar-refractivity contribution is 0.0719. The van der Waals surface area contributed by atoms with E-state index in [1.165, 1.54) is 19.2 Å². The third-order valence-electron chi connectivity index (χ3n) is 4.05. The number of likely N-dealkylation sites (tertiary alicyclic amines) is 1. The molecule has 3 rings (SSSR count). The summed E-state index contributed by atoms with van der Waals surface area (Å²) in [6.45, 7) is 0.632. The van der Waals surface area contributed by atoms with Crippen LogP contribution in [0.15, 0.2) is 52.0 Å². The number of carbonyl (C=O) groups is 1. The van der Waals surface area contributed by atoms with E-state index in [0.717, 1.165) is 18.6 Å². The van der Waals surface area contributed by atoms with Gasteiger partial charge in [-0.25, -0.2) is 13.1 Å². The third-order valence-corrected chi connectivity index (χ3v) is 5.46. The van der Waals surface area contributed by atoms with Gasteiger partial charge in [-0.1, -0.05) is 6.07 Å². The average molecular weight is 334 g/mol. The van der Waals surface area contributed by atoms with Gasteiger partial charge in [0.2, 0.25) is 10.0 Å². The van der Waals surface area contributed by atoms with Crippen LogP contribution >= 0.6 is 0 Å². The number of amides is 1. The average Bonchev–Trinajstić information content (AvgIpc) is 3.25. The van der Waals surface area contributed by atoms with Crippen molar-refractivity contribution in [2.45, 2.75) is 23.8 Å². The molecule has 0 spiro atoms. The summed E-state index contributed by atoms with van der Waals surface area (Å²) in [7, 11) is -2.23. The van der Waals surface area contributed by atoms with E-state index >= 15 is 0 Å². The molecule has 0 saturated carbocycles. The molecule has 2 heterocycles. The minimum atomic E-state index is -3.57. The van der Waals surface area contributed by atoms with Gasteiger partial charge in [0, 0.05) is 12.1 Å². The lowest BCUT2D eigenvalue weighted by atomic mass is 10.1. The van der Waals surface area contributed by atoms with Crippen LogP contribution in [0, 0.1) is 0 Å². The van der Waals surface area contributed by atoms with E-state index in [1.807, 2.05) is 6.07 Å². The molecule has 23 heavy (non-hydrogen) atoms. The lowest BCUT2D eigenvalue weighted by Crippen LogP contribution is -2.30. The second kappa shape index (κ2) is 6.17. The molecule has 0 bridgehead atoms. The fourth-order valence-electron chi connectivity index (χ4n) is 2.87. The highest BCUT2D eigenvalue weighted by atomic mass is 32.2. The summed E-state index contributed by atoms with van der Waals surface area (Å²) in [4.78, 5) is 14.6. The van der Waals surface area contributed by atoms with Crippen molar-refractivity contribution in [3.63, 3.8) is 0 Å². The van der Waals surface area contributed by atoms with E-state index < -0.39 is 10.0 Å². The number of nitrogens with one attached hydrogen (secondary N) is 1. The Balaban J connectivity index is 1.90. The van der Waals surface area contributed by atoms with Gasteiger partial charge < -0.3 is 9.32 Å². The Kier molecular flexibility index (Phi) is 4.23. The third kappa shape index (κ3) is 3.02. The van der Waals surface area contributed by atoms with E-state index in [0.29, 0.717) is 12.1 Å². The Hall–Kier alpha value is -2.12. The maximum absolute atomic E-state index is 12.8. The molecule has 1 aromatic carbocycles. The number of carbonyl (C=O) groups excluding carboxylic acids is 1. The summed E-state index contributed by atoms with van der Waals surface area (Å²) in [5.74, 6) is 0.576. The van der Waals surface area contributed by atoms with Crippen molar-refractivity contribution in [2.75, 3.05) is 13.6 Å². The predicted octanol–water partition coefficient (Wildman–Crippen LogP) is 2.17. The van der Waals surface area contributed by atoms with Crippen LogP contribution in [0.2, 0.25) is 0 Å². The van der Waals surface area contributed by atoms with Crippen molar-refractivity contribution in [3.05, 3.63) is 54.0 Å². The first-order valence-electron chi connectivity index (χ1n) is 7.41.